The number of anilines is 2. The molecule has 7 nitrogen and oxygen atoms in total. The predicted molar refractivity (Wildman–Crippen MR) is 148 cm³/mol. The Morgan fingerprint density at radius 3 is 2.21 bits per heavy atom. The van der Waals surface area contributed by atoms with Crippen LogP contribution >= 0.6 is 0 Å². The molecule has 1 aliphatic carbocycles. The third kappa shape index (κ3) is 4.37. The number of aryl methyl sites for hydroxylation is 2. The standard InChI is InChI=1S/C31H32N4O3/c1-33-16-18-34(19-17-33)25-8-10-26(11-9-25)35-28(22-12-14-32-15-13-22)27(30(37)31(35)38)29(36)24-7-6-21-4-2-3-5-23(21)20-24/h6-15,20,28,36H,2-5,16-19H2,1H3/b29-27-. The minimum atomic E-state index is -0.747. The maximum Gasteiger partial charge on any atom is 0.300 e. The number of aromatic nitrogens is 1. The number of fused-ring (bicyclic) bond motifs is 1. The Kier molecular flexibility index (Phi) is 6.45. The summed E-state index contributed by atoms with van der Waals surface area (Å²) in [6.07, 6.45) is 7.55. The van der Waals surface area contributed by atoms with Crippen LogP contribution < -0.4 is 9.80 Å². The number of aliphatic hydroxyl groups excluding tert-OH is 1. The second-order valence-corrected chi connectivity index (χ2v) is 10.4. The summed E-state index contributed by atoms with van der Waals surface area (Å²) in [5.74, 6) is -1.45. The van der Waals surface area contributed by atoms with Gasteiger partial charge < -0.3 is 14.9 Å². The highest BCUT2D eigenvalue weighted by atomic mass is 16.3. The zero-order valence-corrected chi connectivity index (χ0v) is 21.6. The van der Waals surface area contributed by atoms with Gasteiger partial charge in [0.15, 0.2) is 0 Å². The van der Waals surface area contributed by atoms with E-state index in [2.05, 4.69) is 21.8 Å². The van der Waals surface area contributed by atoms with E-state index in [-0.39, 0.29) is 11.3 Å². The van der Waals surface area contributed by atoms with Gasteiger partial charge in [0.1, 0.15) is 5.76 Å². The highest BCUT2D eigenvalue weighted by Gasteiger charge is 2.47. The van der Waals surface area contributed by atoms with Crippen molar-refractivity contribution in [3.8, 4) is 0 Å². The van der Waals surface area contributed by atoms with Crippen molar-refractivity contribution in [2.45, 2.75) is 31.7 Å². The van der Waals surface area contributed by atoms with Crippen LogP contribution in [0.4, 0.5) is 11.4 Å². The first-order valence-electron chi connectivity index (χ1n) is 13.4. The summed E-state index contributed by atoms with van der Waals surface area (Å²) in [6, 6.07) is 16.5. The van der Waals surface area contributed by atoms with Crippen LogP contribution in [0.2, 0.25) is 0 Å². The lowest BCUT2D eigenvalue weighted by Gasteiger charge is -2.34. The average Bonchev–Trinajstić information content (AvgIpc) is 3.23. The van der Waals surface area contributed by atoms with E-state index in [0.717, 1.165) is 56.7 Å². The van der Waals surface area contributed by atoms with Crippen LogP contribution in [0.5, 0.6) is 0 Å². The van der Waals surface area contributed by atoms with Gasteiger partial charge in [-0.1, -0.05) is 12.1 Å². The number of Topliss-reactive ketones (excluding diaryl/α,β-unsaturated/α-hetero) is 1. The maximum absolute atomic E-state index is 13.5. The average molecular weight is 509 g/mol. The normalized spacial score (nSPS) is 21.6. The fourth-order valence-corrected chi connectivity index (χ4v) is 5.88. The smallest absolute Gasteiger partial charge is 0.300 e. The molecule has 2 fully saturated rings. The summed E-state index contributed by atoms with van der Waals surface area (Å²) in [7, 11) is 2.13. The van der Waals surface area contributed by atoms with Crippen LogP contribution in [0.15, 0.2) is 72.6 Å². The van der Waals surface area contributed by atoms with Crippen LogP contribution in [-0.4, -0.2) is 59.9 Å². The molecule has 3 heterocycles. The quantitative estimate of drug-likeness (QED) is 0.321. The van der Waals surface area contributed by atoms with Crippen LogP contribution in [0, 0.1) is 0 Å². The first-order chi connectivity index (χ1) is 18.5. The number of aliphatic hydroxyl groups is 1. The highest BCUT2D eigenvalue weighted by Crippen LogP contribution is 2.42. The van der Waals surface area contributed by atoms with E-state index in [0.29, 0.717) is 11.3 Å². The zero-order chi connectivity index (χ0) is 26.2. The van der Waals surface area contributed by atoms with E-state index in [9.17, 15) is 14.7 Å². The third-order valence-corrected chi connectivity index (χ3v) is 8.08. The highest BCUT2D eigenvalue weighted by molar-refractivity contribution is 6.51. The molecule has 0 saturated carbocycles. The molecule has 1 amide bonds. The van der Waals surface area contributed by atoms with Gasteiger partial charge in [-0.2, -0.15) is 0 Å². The lowest BCUT2D eigenvalue weighted by molar-refractivity contribution is -0.132. The van der Waals surface area contributed by atoms with Crippen molar-refractivity contribution < 1.29 is 14.7 Å². The molecule has 0 spiro atoms. The van der Waals surface area contributed by atoms with Gasteiger partial charge in [-0.05, 0) is 91.9 Å². The number of carbonyl (C=O) groups excluding carboxylic acids is 2. The second kappa shape index (κ2) is 10.1. The molecule has 1 atom stereocenters. The van der Waals surface area contributed by atoms with E-state index >= 15 is 0 Å². The number of pyridine rings is 1. The van der Waals surface area contributed by atoms with E-state index in [4.69, 9.17) is 0 Å². The summed E-state index contributed by atoms with van der Waals surface area (Å²) < 4.78 is 0. The predicted octanol–water partition coefficient (Wildman–Crippen LogP) is 4.34. The molecule has 1 N–H and O–H groups in total. The number of hydrogen-bond acceptors (Lipinski definition) is 6. The monoisotopic (exact) mass is 508 g/mol. The Morgan fingerprint density at radius 1 is 0.842 bits per heavy atom. The molecule has 2 aromatic carbocycles. The van der Waals surface area contributed by atoms with Crippen molar-refractivity contribution >= 4 is 28.8 Å². The van der Waals surface area contributed by atoms with Gasteiger partial charge in [-0.15, -0.1) is 0 Å². The summed E-state index contributed by atoms with van der Waals surface area (Å²) in [5, 5.41) is 11.5. The number of ketones is 1. The first-order valence-corrected chi connectivity index (χ1v) is 13.4. The molecular formula is C31H32N4O3. The Hall–Kier alpha value is -3.97. The van der Waals surface area contributed by atoms with Crippen LogP contribution in [-0.2, 0) is 22.4 Å². The SMILES string of the molecule is CN1CCN(c2ccc(N3C(=O)C(=O)/C(=C(\O)c4ccc5c(c4)CCCC5)C3c3ccncc3)cc2)CC1. The van der Waals surface area contributed by atoms with Crippen molar-refractivity contribution in [3.05, 3.63) is 94.8 Å². The van der Waals surface area contributed by atoms with Gasteiger partial charge in [0.2, 0.25) is 0 Å². The fourth-order valence-electron chi connectivity index (χ4n) is 5.88. The summed E-state index contributed by atoms with van der Waals surface area (Å²) in [5.41, 5.74) is 5.62. The summed E-state index contributed by atoms with van der Waals surface area (Å²) >= 11 is 0. The number of carbonyl (C=O) groups is 2. The number of hydrogen-bond donors (Lipinski definition) is 1. The van der Waals surface area contributed by atoms with E-state index in [1.165, 1.54) is 22.4 Å². The van der Waals surface area contributed by atoms with Gasteiger partial charge in [0.25, 0.3) is 11.7 Å². The molecule has 0 radical (unpaired) electrons. The number of likely N-dealkylation sites (N-methyl/N-ethyl adjacent to an activating group) is 1. The molecule has 2 saturated heterocycles. The second-order valence-electron chi connectivity index (χ2n) is 10.4. The topological polar surface area (TPSA) is 77.0 Å². The molecule has 3 aromatic rings. The molecular weight excluding hydrogens is 476 g/mol. The Balaban J connectivity index is 1.40. The molecule has 38 heavy (non-hydrogen) atoms. The summed E-state index contributed by atoms with van der Waals surface area (Å²) in [6.45, 7) is 3.89. The molecule has 6 rings (SSSR count). The van der Waals surface area contributed by atoms with Crippen molar-refractivity contribution in [2.24, 2.45) is 0 Å². The van der Waals surface area contributed by atoms with Crippen LogP contribution in [0.25, 0.3) is 5.76 Å². The largest absolute Gasteiger partial charge is 0.507 e. The lowest BCUT2D eigenvalue weighted by Crippen LogP contribution is -2.44. The minimum Gasteiger partial charge on any atom is -0.507 e. The van der Waals surface area contributed by atoms with Crippen LogP contribution in [0.1, 0.15) is 41.1 Å². The molecule has 7 heteroatoms. The van der Waals surface area contributed by atoms with Crippen molar-refractivity contribution in [1.29, 1.82) is 0 Å². The van der Waals surface area contributed by atoms with Crippen molar-refractivity contribution in [1.82, 2.24) is 9.88 Å². The van der Waals surface area contributed by atoms with Gasteiger partial charge in [0, 0.05) is 55.5 Å². The van der Waals surface area contributed by atoms with Gasteiger partial charge in [-0.3, -0.25) is 19.5 Å². The van der Waals surface area contributed by atoms with E-state index in [1.807, 2.05) is 42.5 Å². The maximum atomic E-state index is 13.5. The Morgan fingerprint density at radius 2 is 1.50 bits per heavy atom. The van der Waals surface area contributed by atoms with Crippen molar-refractivity contribution in [3.63, 3.8) is 0 Å². The number of amides is 1. The number of benzene rings is 2. The van der Waals surface area contributed by atoms with E-state index < -0.39 is 17.7 Å². The van der Waals surface area contributed by atoms with Gasteiger partial charge in [0.05, 0.1) is 11.6 Å². The number of rotatable bonds is 4. The molecule has 2 aliphatic heterocycles. The molecule has 1 unspecified atom stereocenters. The van der Waals surface area contributed by atoms with E-state index in [1.54, 1.807) is 24.5 Å². The van der Waals surface area contributed by atoms with Gasteiger partial charge >= 0.3 is 0 Å². The third-order valence-electron chi connectivity index (χ3n) is 8.08. The first kappa shape index (κ1) is 24.4. The molecule has 1 aromatic heterocycles. The number of nitrogens with zero attached hydrogens (tertiary/aromatic N) is 4. The Labute approximate surface area is 223 Å². The fraction of sp³-hybridized carbons (Fsp3) is 0.323. The zero-order valence-electron chi connectivity index (χ0n) is 21.6. The minimum absolute atomic E-state index is 0.111. The molecule has 3 aliphatic rings. The van der Waals surface area contributed by atoms with Gasteiger partial charge in [-0.25, -0.2) is 0 Å². The Bertz CT molecular complexity index is 1390. The van der Waals surface area contributed by atoms with Crippen molar-refractivity contribution in [2.75, 3.05) is 43.0 Å². The number of piperazine rings is 1. The lowest BCUT2D eigenvalue weighted by atomic mass is 9.89. The molecule has 0 bridgehead atoms. The van der Waals surface area contributed by atoms with Crippen LogP contribution in [0.3, 0.4) is 0 Å². The summed E-state index contributed by atoms with van der Waals surface area (Å²) in [4.78, 5) is 37.2. The molecule has 194 valence electrons.